The Morgan fingerprint density at radius 1 is 0.398 bits per heavy atom. The molecule has 0 amide bonds. The first-order valence-corrected chi connectivity index (χ1v) is 25.0. The molecule has 0 saturated carbocycles. The molecular weight excluding hydrogens is 1180 g/mol. The molecule has 4 aliphatic heterocycles. The standard InChI is InChI=1S/C56H40O32/c57-17-9-18(58)31(48-13(17)5-26(66)47(85-48)11-1-19(59)36(67)20(60)2-11)34-33-35-32(44(75)46(77)45(33)76)30-16(8-25(65)40(71)43(30)74)55(81)88-51(50(34)87-56(35)82)49-27(84-52(78)12-3-21(61)37(68)22(62)4-12)10-83-53(79)14-6-23(63)38(69)41(72)28(14)29-15(54(80)86-49)7-24(64)39(70)42(29)73/h1-4,6-9,26-27,34,47,49-51,57-77H,5,10H2/t26-,27-,34-,47+,49+,50-,51-/m0/s1. The van der Waals surface area contributed by atoms with Crippen LogP contribution in [0.15, 0.2) is 48.5 Å². The molecular formula is C56H40O32. The predicted molar refractivity (Wildman–Crippen MR) is 278 cm³/mol. The van der Waals surface area contributed by atoms with Crippen molar-refractivity contribution in [1.29, 1.82) is 0 Å². The molecule has 7 aromatic carbocycles. The number of rotatable bonds is 5. The summed E-state index contributed by atoms with van der Waals surface area (Å²) in [4.78, 5) is 74.8. The van der Waals surface area contributed by atoms with E-state index in [0.29, 0.717) is 30.3 Å². The Labute approximate surface area is 485 Å². The normalized spacial score (nSPS) is 20.3. The van der Waals surface area contributed by atoms with Crippen LogP contribution in [-0.4, -0.2) is 174 Å². The number of ether oxygens (including phenoxy) is 6. The van der Waals surface area contributed by atoms with Crippen LogP contribution in [0.1, 0.15) is 86.1 Å². The molecule has 0 spiro atoms. The zero-order valence-corrected chi connectivity index (χ0v) is 43.5. The maximum atomic E-state index is 15.3. The summed E-state index contributed by atoms with van der Waals surface area (Å²) in [5.41, 5.74) is -13.9. The number of fused-ring (bicyclic) bond motifs is 8. The highest BCUT2D eigenvalue weighted by Gasteiger charge is 2.57. The van der Waals surface area contributed by atoms with Crippen LogP contribution in [0, 0.1) is 0 Å². The van der Waals surface area contributed by atoms with Crippen molar-refractivity contribution in [3.63, 3.8) is 0 Å². The number of hydrogen-bond acceptors (Lipinski definition) is 32. The molecule has 32 heteroatoms. The highest BCUT2D eigenvalue weighted by atomic mass is 16.6. The molecule has 0 fully saturated rings. The SMILES string of the molecule is O=C(O[C@H]1COC(=O)c2cc(O)c(O)c(O)c2-c2c(cc(O)c(O)c2O)C(=O)O[C@H]1[C@@H]1OC(=O)c2cc(O)c(O)c(O)c2-c2c(O)c(O)c(O)c3c2C(=O)O[C@H]1[C@H]3c1c(O)cc(O)c2c1O[C@H](c1cc(O)c(O)c(O)c1)[C@@H](O)C2)c1cc(O)c(O)c(O)c1. The summed E-state index contributed by atoms with van der Waals surface area (Å²) in [6.07, 6.45) is -16.2. The van der Waals surface area contributed by atoms with Crippen LogP contribution in [0.4, 0.5) is 0 Å². The molecule has 0 saturated heterocycles. The summed E-state index contributed by atoms with van der Waals surface area (Å²) in [7, 11) is 0. The lowest BCUT2D eigenvalue weighted by molar-refractivity contribution is -0.135. The Balaban J connectivity index is 1.25. The van der Waals surface area contributed by atoms with Crippen molar-refractivity contribution in [3.8, 4) is 143 Å². The number of aromatic hydroxyl groups is 20. The molecule has 7 atom stereocenters. The van der Waals surface area contributed by atoms with E-state index in [9.17, 15) is 117 Å². The van der Waals surface area contributed by atoms with Crippen LogP contribution in [0.2, 0.25) is 0 Å². The second-order valence-electron chi connectivity index (χ2n) is 20.1. The molecule has 32 nitrogen and oxygen atoms in total. The van der Waals surface area contributed by atoms with E-state index < -0.39 is 273 Å². The van der Waals surface area contributed by atoms with Crippen LogP contribution in [0.5, 0.6) is 121 Å². The zero-order chi connectivity index (χ0) is 63.9. The minimum Gasteiger partial charge on any atom is -0.507 e. The molecule has 0 aliphatic carbocycles. The Bertz CT molecular complexity index is 4250. The number of benzene rings is 7. The van der Waals surface area contributed by atoms with Crippen LogP contribution in [-0.2, 0) is 30.1 Å². The van der Waals surface area contributed by atoms with E-state index in [4.69, 9.17) is 28.4 Å². The third-order valence-electron chi connectivity index (χ3n) is 15.0. The van der Waals surface area contributed by atoms with Gasteiger partial charge >= 0.3 is 29.8 Å². The molecule has 2 bridgehead atoms. The van der Waals surface area contributed by atoms with Gasteiger partial charge in [0.15, 0.2) is 111 Å². The Hall–Kier alpha value is -12.4. The van der Waals surface area contributed by atoms with Gasteiger partial charge in [-0.3, -0.25) is 0 Å². The van der Waals surface area contributed by atoms with Gasteiger partial charge in [-0.15, -0.1) is 0 Å². The molecule has 0 radical (unpaired) electrons. The second-order valence-corrected chi connectivity index (χ2v) is 20.1. The number of aliphatic hydroxyl groups is 1. The number of aliphatic hydroxyl groups excluding tert-OH is 1. The predicted octanol–water partition coefficient (Wildman–Crippen LogP) is 3.00. The summed E-state index contributed by atoms with van der Waals surface area (Å²) < 4.78 is 35.5. The molecule has 4 heterocycles. The average Bonchev–Trinajstić information content (AvgIpc) is 0.746. The fourth-order valence-electron chi connectivity index (χ4n) is 11.0. The van der Waals surface area contributed by atoms with Gasteiger partial charge in [0.05, 0.1) is 39.8 Å². The highest BCUT2D eigenvalue weighted by Crippen LogP contribution is 2.62. The van der Waals surface area contributed by atoms with Crippen molar-refractivity contribution in [1.82, 2.24) is 0 Å². The van der Waals surface area contributed by atoms with Crippen LogP contribution >= 0.6 is 0 Å². The van der Waals surface area contributed by atoms with E-state index in [0.717, 1.165) is 12.1 Å². The Morgan fingerprint density at radius 2 is 0.841 bits per heavy atom. The first-order chi connectivity index (χ1) is 41.4. The Morgan fingerprint density at radius 3 is 1.36 bits per heavy atom. The van der Waals surface area contributed by atoms with Gasteiger partial charge in [-0.1, -0.05) is 0 Å². The molecule has 456 valence electrons. The van der Waals surface area contributed by atoms with Gasteiger partial charge in [0.2, 0.25) is 23.0 Å². The highest BCUT2D eigenvalue weighted by molar-refractivity contribution is 6.11. The van der Waals surface area contributed by atoms with Gasteiger partial charge < -0.3 is 136 Å². The Kier molecular flexibility index (Phi) is 13.2. The molecule has 11 rings (SSSR count). The van der Waals surface area contributed by atoms with Gasteiger partial charge in [-0.2, -0.15) is 0 Å². The van der Waals surface area contributed by atoms with E-state index >= 15 is 14.4 Å². The number of esters is 5. The number of hydrogen-bond donors (Lipinski definition) is 21. The average molecular weight is 1220 g/mol. The molecule has 4 aliphatic rings. The topological polar surface area (TPSA) is 566 Å². The lowest BCUT2D eigenvalue weighted by Crippen LogP contribution is -2.56. The van der Waals surface area contributed by atoms with Crippen molar-refractivity contribution >= 4 is 29.8 Å². The fourth-order valence-corrected chi connectivity index (χ4v) is 11.0. The van der Waals surface area contributed by atoms with Crippen LogP contribution < -0.4 is 4.74 Å². The largest absolute Gasteiger partial charge is 0.507 e. The van der Waals surface area contributed by atoms with Crippen molar-refractivity contribution in [2.75, 3.05) is 6.61 Å². The zero-order valence-electron chi connectivity index (χ0n) is 43.5. The minimum atomic E-state index is -3.04. The third kappa shape index (κ3) is 8.60. The number of carbonyl (C=O) groups is 5. The molecule has 7 aromatic rings. The third-order valence-corrected chi connectivity index (χ3v) is 15.0. The molecule has 88 heavy (non-hydrogen) atoms. The fraction of sp³-hybridized carbons (Fsp3) is 0.161. The van der Waals surface area contributed by atoms with Crippen LogP contribution in [0.25, 0.3) is 22.3 Å². The summed E-state index contributed by atoms with van der Waals surface area (Å²) in [6, 6.07) is 4.02. The first kappa shape index (κ1) is 57.5. The maximum absolute atomic E-state index is 15.3. The molecule has 0 aromatic heterocycles. The quantitative estimate of drug-likeness (QED) is 0.0669. The van der Waals surface area contributed by atoms with E-state index in [2.05, 4.69) is 0 Å². The monoisotopic (exact) mass is 1220 g/mol. The number of carbonyl (C=O) groups excluding carboxylic acids is 5. The lowest BCUT2D eigenvalue weighted by Gasteiger charge is -2.43. The van der Waals surface area contributed by atoms with E-state index in [1.807, 2.05) is 0 Å². The second kappa shape index (κ2) is 20.2. The van der Waals surface area contributed by atoms with E-state index in [1.165, 1.54) is 0 Å². The van der Waals surface area contributed by atoms with E-state index in [-0.39, 0.29) is 11.6 Å². The van der Waals surface area contributed by atoms with Gasteiger partial charge in [-0.05, 0) is 42.5 Å². The number of cyclic esters (lactones) is 3. The molecule has 0 unspecified atom stereocenters. The van der Waals surface area contributed by atoms with Crippen molar-refractivity contribution < 1.29 is 160 Å². The number of phenolic OH excluding ortho intramolecular Hbond substituents is 20. The number of phenols is 20. The summed E-state index contributed by atoms with van der Waals surface area (Å²) >= 11 is 0. The maximum Gasteiger partial charge on any atom is 0.339 e. The smallest absolute Gasteiger partial charge is 0.339 e. The van der Waals surface area contributed by atoms with Crippen molar-refractivity contribution in [2.24, 2.45) is 0 Å². The summed E-state index contributed by atoms with van der Waals surface area (Å²) in [6.45, 7) is -1.65. The minimum absolute atomic E-state index is 0.280. The van der Waals surface area contributed by atoms with Gasteiger partial charge in [0.25, 0.3) is 0 Å². The van der Waals surface area contributed by atoms with Gasteiger partial charge in [-0.25, -0.2) is 24.0 Å². The summed E-state index contributed by atoms with van der Waals surface area (Å²) in [5, 5.41) is 233. The first-order valence-electron chi connectivity index (χ1n) is 25.0. The lowest BCUT2D eigenvalue weighted by atomic mass is 9.73. The van der Waals surface area contributed by atoms with E-state index in [1.54, 1.807) is 0 Å². The van der Waals surface area contributed by atoms with Gasteiger partial charge in [0, 0.05) is 57.0 Å². The van der Waals surface area contributed by atoms with Crippen molar-refractivity contribution in [3.05, 3.63) is 98.6 Å². The molecule has 21 N–H and O–H groups in total. The van der Waals surface area contributed by atoms with Crippen LogP contribution in [0.3, 0.4) is 0 Å². The summed E-state index contributed by atoms with van der Waals surface area (Å²) in [5.74, 6) is -40.2. The van der Waals surface area contributed by atoms with Crippen molar-refractivity contribution in [2.45, 2.75) is 49.0 Å². The van der Waals surface area contributed by atoms with Gasteiger partial charge in [0.1, 0.15) is 23.9 Å².